The molecule has 5 heterocycles. The summed E-state index contributed by atoms with van der Waals surface area (Å²) in [4.78, 5) is 0. The van der Waals surface area contributed by atoms with Crippen LogP contribution in [0.25, 0.3) is 16.8 Å². The van der Waals surface area contributed by atoms with Gasteiger partial charge in [0, 0.05) is 36.5 Å². The normalized spacial score (nSPS) is 15.6. The Labute approximate surface area is 179 Å². The Kier molecular flexibility index (Phi) is 4.91. The first kappa shape index (κ1) is 19.3. The standard InChI is InChI=1S/C21H24N8O2/c1-13-8-18(25-26-21(13)30-3)24-19-10-16-9-14(5-7-29(16)27-19)20-17(11-23-28(20)2)31-12-15-4-6-22-15/h5,7-11,15,22H,4,6,12H2,1-3H3,(H,24,25,27)/t15-/m1/s1. The summed E-state index contributed by atoms with van der Waals surface area (Å²) in [7, 11) is 3.49. The minimum absolute atomic E-state index is 0.420. The summed E-state index contributed by atoms with van der Waals surface area (Å²) in [5.41, 5.74) is 3.78. The highest BCUT2D eigenvalue weighted by atomic mass is 16.5. The number of nitrogens with zero attached hydrogens (tertiary/aromatic N) is 6. The Morgan fingerprint density at radius 3 is 2.84 bits per heavy atom. The molecule has 0 aliphatic carbocycles. The number of pyridine rings is 1. The molecule has 0 aromatic carbocycles. The molecule has 0 amide bonds. The molecule has 1 aliphatic heterocycles. The molecule has 0 radical (unpaired) electrons. The molecule has 0 saturated carbocycles. The predicted octanol–water partition coefficient (Wildman–Crippen LogP) is 2.33. The number of hydrogen-bond acceptors (Lipinski definition) is 8. The molecule has 1 aliphatic rings. The van der Waals surface area contributed by atoms with Gasteiger partial charge >= 0.3 is 0 Å². The molecule has 2 N–H and O–H groups in total. The van der Waals surface area contributed by atoms with E-state index in [-0.39, 0.29) is 0 Å². The summed E-state index contributed by atoms with van der Waals surface area (Å²) in [5.74, 6) is 2.57. The second kappa shape index (κ2) is 7.88. The summed E-state index contributed by atoms with van der Waals surface area (Å²) in [6, 6.07) is 8.32. The van der Waals surface area contributed by atoms with E-state index in [1.54, 1.807) is 13.3 Å². The molecule has 10 nitrogen and oxygen atoms in total. The van der Waals surface area contributed by atoms with E-state index in [4.69, 9.17) is 9.47 Å². The molecule has 31 heavy (non-hydrogen) atoms. The number of methoxy groups -OCH3 is 1. The lowest BCUT2D eigenvalue weighted by Crippen LogP contribution is -2.46. The third-order valence-corrected chi connectivity index (χ3v) is 5.40. The van der Waals surface area contributed by atoms with E-state index in [9.17, 15) is 0 Å². The second-order valence-electron chi connectivity index (χ2n) is 7.59. The Bertz CT molecular complexity index is 1230. The fraction of sp³-hybridized carbons (Fsp3) is 0.333. The molecule has 1 saturated heterocycles. The van der Waals surface area contributed by atoms with Gasteiger partial charge in [-0.15, -0.1) is 10.2 Å². The van der Waals surface area contributed by atoms with E-state index >= 15 is 0 Å². The van der Waals surface area contributed by atoms with Gasteiger partial charge in [-0.3, -0.25) is 4.68 Å². The number of rotatable bonds is 7. The zero-order chi connectivity index (χ0) is 21.4. The van der Waals surface area contributed by atoms with Crippen molar-refractivity contribution in [2.24, 2.45) is 7.05 Å². The van der Waals surface area contributed by atoms with Gasteiger partial charge in [-0.25, -0.2) is 4.52 Å². The Hall–Kier alpha value is -3.66. The van der Waals surface area contributed by atoms with E-state index < -0.39 is 0 Å². The lowest BCUT2D eigenvalue weighted by atomic mass is 10.1. The predicted molar refractivity (Wildman–Crippen MR) is 116 cm³/mol. The Morgan fingerprint density at radius 2 is 2.10 bits per heavy atom. The van der Waals surface area contributed by atoms with E-state index in [2.05, 4.69) is 37.1 Å². The lowest BCUT2D eigenvalue weighted by molar-refractivity contribution is 0.218. The first-order valence-electron chi connectivity index (χ1n) is 10.1. The largest absolute Gasteiger partial charge is 0.488 e. The minimum Gasteiger partial charge on any atom is -0.488 e. The summed E-state index contributed by atoms with van der Waals surface area (Å²) in [5, 5.41) is 23.7. The van der Waals surface area contributed by atoms with Crippen LogP contribution in [0.4, 0.5) is 11.6 Å². The number of anilines is 2. The third kappa shape index (κ3) is 3.77. The fourth-order valence-electron chi connectivity index (χ4n) is 3.60. The highest BCUT2D eigenvalue weighted by Gasteiger charge is 2.19. The average molecular weight is 420 g/mol. The number of aromatic nitrogens is 6. The van der Waals surface area contributed by atoms with E-state index in [1.165, 1.54) is 0 Å². The minimum atomic E-state index is 0.420. The molecule has 5 rings (SSSR count). The van der Waals surface area contributed by atoms with Crippen LogP contribution in [0.3, 0.4) is 0 Å². The molecule has 0 unspecified atom stereocenters. The number of aryl methyl sites for hydroxylation is 2. The van der Waals surface area contributed by atoms with Crippen molar-refractivity contribution < 1.29 is 9.47 Å². The molecule has 4 aromatic rings. The van der Waals surface area contributed by atoms with Gasteiger partial charge in [0.1, 0.15) is 12.3 Å². The molecule has 160 valence electrons. The van der Waals surface area contributed by atoms with Crippen molar-refractivity contribution in [3.63, 3.8) is 0 Å². The quantitative estimate of drug-likeness (QED) is 0.470. The van der Waals surface area contributed by atoms with Crippen molar-refractivity contribution in [1.82, 2.24) is 34.9 Å². The van der Waals surface area contributed by atoms with Crippen molar-refractivity contribution in [3.05, 3.63) is 42.2 Å². The molecule has 1 fully saturated rings. The number of nitrogens with one attached hydrogen (secondary N) is 2. The SMILES string of the molecule is COc1nnc(Nc2cc3cc(-c4c(OC[C@H]5CCN5)cnn4C)ccn3n2)cc1C. The Morgan fingerprint density at radius 1 is 1.23 bits per heavy atom. The van der Waals surface area contributed by atoms with Gasteiger partial charge in [-0.05, 0) is 38.1 Å². The summed E-state index contributed by atoms with van der Waals surface area (Å²) in [6.45, 7) is 3.62. The zero-order valence-electron chi connectivity index (χ0n) is 17.7. The van der Waals surface area contributed by atoms with Crippen LogP contribution in [0.15, 0.2) is 36.7 Å². The molecule has 4 aromatic heterocycles. The maximum atomic E-state index is 6.04. The van der Waals surface area contributed by atoms with Crippen LogP contribution < -0.4 is 20.1 Å². The number of hydrogen-bond donors (Lipinski definition) is 2. The molecular weight excluding hydrogens is 396 g/mol. The zero-order valence-corrected chi connectivity index (χ0v) is 17.7. The van der Waals surface area contributed by atoms with E-state index in [0.717, 1.165) is 41.1 Å². The Balaban J connectivity index is 1.40. The van der Waals surface area contributed by atoms with Crippen LogP contribution in [0.5, 0.6) is 11.6 Å². The van der Waals surface area contributed by atoms with Gasteiger partial charge in [0.25, 0.3) is 0 Å². The molecule has 0 bridgehead atoms. The monoisotopic (exact) mass is 420 g/mol. The molecule has 10 heteroatoms. The van der Waals surface area contributed by atoms with Crippen LogP contribution in [0, 0.1) is 6.92 Å². The topological polar surface area (TPSA) is 103 Å². The van der Waals surface area contributed by atoms with Crippen LogP contribution >= 0.6 is 0 Å². The van der Waals surface area contributed by atoms with Crippen LogP contribution in [0.1, 0.15) is 12.0 Å². The summed E-state index contributed by atoms with van der Waals surface area (Å²) in [6.07, 6.45) is 4.84. The van der Waals surface area contributed by atoms with Gasteiger partial charge in [-0.2, -0.15) is 10.2 Å². The molecule has 0 spiro atoms. The lowest BCUT2D eigenvalue weighted by Gasteiger charge is -2.27. The second-order valence-corrected chi connectivity index (χ2v) is 7.59. The van der Waals surface area contributed by atoms with Crippen molar-refractivity contribution in [3.8, 4) is 22.9 Å². The van der Waals surface area contributed by atoms with Gasteiger partial charge < -0.3 is 20.1 Å². The average Bonchev–Trinajstić information content (AvgIpc) is 3.29. The van der Waals surface area contributed by atoms with Crippen molar-refractivity contribution >= 4 is 17.2 Å². The maximum absolute atomic E-state index is 6.04. The van der Waals surface area contributed by atoms with Crippen LogP contribution in [-0.4, -0.2) is 55.9 Å². The van der Waals surface area contributed by atoms with Gasteiger partial charge in [0.15, 0.2) is 17.4 Å². The highest BCUT2D eigenvalue weighted by molar-refractivity contribution is 5.72. The summed E-state index contributed by atoms with van der Waals surface area (Å²) < 4.78 is 14.8. The van der Waals surface area contributed by atoms with Gasteiger partial charge in [0.05, 0.1) is 18.8 Å². The first-order valence-corrected chi connectivity index (χ1v) is 10.1. The fourth-order valence-corrected chi connectivity index (χ4v) is 3.60. The van der Waals surface area contributed by atoms with Crippen LogP contribution in [0.2, 0.25) is 0 Å². The third-order valence-electron chi connectivity index (χ3n) is 5.40. The molecular formula is C21H24N8O2. The number of fused-ring (bicyclic) bond motifs is 1. The molecule has 1 atom stereocenters. The van der Waals surface area contributed by atoms with Crippen molar-refractivity contribution in [2.75, 3.05) is 25.6 Å². The van der Waals surface area contributed by atoms with Gasteiger partial charge in [0.2, 0.25) is 5.88 Å². The van der Waals surface area contributed by atoms with Crippen molar-refractivity contribution in [1.29, 1.82) is 0 Å². The smallest absolute Gasteiger partial charge is 0.236 e. The van der Waals surface area contributed by atoms with Crippen LogP contribution in [-0.2, 0) is 7.05 Å². The number of ether oxygens (including phenoxy) is 2. The van der Waals surface area contributed by atoms with Crippen molar-refractivity contribution in [2.45, 2.75) is 19.4 Å². The van der Waals surface area contributed by atoms with Gasteiger partial charge in [-0.1, -0.05) is 0 Å². The maximum Gasteiger partial charge on any atom is 0.236 e. The highest BCUT2D eigenvalue weighted by Crippen LogP contribution is 2.31. The van der Waals surface area contributed by atoms with E-state index in [1.807, 2.05) is 47.6 Å². The van der Waals surface area contributed by atoms with E-state index in [0.29, 0.717) is 30.2 Å². The summed E-state index contributed by atoms with van der Waals surface area (Å²) >= 11 is 0. The first-order chi connectivity index (χ1) is 15.1.